The number of hydrogen-bond acceptors (Lipinski definition) is 2. The van der Waals surface area contributed by atoms with E-state index in [0.29, 0.717) is 6.61 Å². The predicted molar refractivity (Wildman–Crippen MR) is 86.8 cm³/mol. The third-order valence-electron chi connectivity index (χ3n) is 4.72. The van der Waals surface area contributed by atoms with Crippen LogP contribution in [0.5, 0.6) is 0 Å². The lowest BCUT2D eigenvalue weighted by molar-refractivity contribution is 0.278. The molecule has 0 spiro atoms. The summed E-state index contributed by atoms with van der Waals surface area (Å²) in [5.74, 6) is 0.757. The Morgan fingerprint density at radius 1 is 1.21 bits per heavy atom. The average Bonchev–Trinajstić information content (AvgIpc) is 2.34. The summed E-state index contributed by atoms with van der Waals surface area (Å²) in [5, 5.41) is 0.264. The minimum absolute atomic E-state index is 0.0519. The van der Waals surface area contributed by atoms with Crippen LogP contribution in [0.2, 0.25) is 18.1 Å². The highest BCUT2D eigenvalue weighted by atomic mass is 28.4. The quantitative estimate of drug-likeness (QED) is 0.597. The zero-order valence-corrected chi connectivity index (χ0v) is 14.5. The Hall–Kier alpha value is -0.123. The summed E-state index contributed by atoms with van der Waals surface area (Å²) in [6, 6.07) is 0.0519. The van der Waals surface area contributed by atoms with Crippen molar-refractivity contribution in [3.05, 3.63) is 12.2 Å². The summed E-state index contributed by atoms with van der Waals surface area (Å²) < 4.78 is 6.16. The van der Waals surface area contributed by atoms with E-state index in [1.54, 1.807) is 0 Å². The van der Waals surface area contributed by atoms with Gasteiger partial charge in [0.15, 0.2) is 8.32 Å². The van der Waals surface area contributed by atoms with Gasteiger partial charge in [-0.3, -0.25) is 0 Å². The molecule has 112 valence electrons. The molecule has 1 aliphatic rings. The van der Waals surface area contributed by atoms with Crippen LogP contribution < -0.4 is 5.73 Å². The third-order valence-corrected chi connectivity index (χ3v) is 9.22. The van der Waals surface area contributed by atoms with E-state index in [-0.39, 0.29) is 11.1 Å². The van der Waals surface area contributed by atoms with Crippen molar-refractivity contribution in [3.8, 4) is 0 Å². The molecule has 1 saturated carbocycles. The van der Waals surface area contributed by atoms with Crippen LogP contribution in [0.25, 0.3) is 0 Å². The summed E-state index contributed by atoms with van der Waals surface area (Å²) >= 11 is 0. The van der Waals surface area contributed by atoms with Crippen LogP contribution in [0.4, 0.5) is 0 Å². The van der Waals surface area contributed by atoms with Gasteiger partial charge in [-0.25, -0.2) is 0 Å². The van der Waals surface area contributed by atoms with Crippen molar-refractivity contribution < 1.29 is 4.43 Å². The van der Waals surface area contributed by atoms with Crippen molar-refractivity contribution in [3.63, 3.8) is 0 Å². The Bertz CT molecular complexity index is 288. The molecule has 2 nitrogen and oxygen atoms in total. The first-order valence-electron chi connectivity index (χ1n) is 7.80. The highest BCUT2D eigenvalue weighted by molar-refractivity contribution is 6.74. The van der Waals surface area contributed by atoms with Gasteiger partial charge in [-0.15, -0.1) is 0 Å². The Kier molecular flexibility index (Phi) is 6.28. The number of rotatable bonds is 5. The highest BCUT2D eigenvalue weighted by Gasteiger charge is 2.37. The van der Waals surface area contributed by atoms with Gasteiger partial charge in [-0.05, 0) is 36.9 Å². The molecule has 0 bridgehead atoms. The van der Waals surface area contributed by atoms with Crippen molar-refractivity contribution in [2.24, 2.45) is 11.7 Å². The fourth-order valence-electron chi connectivity index (χ4n) is 2.20. The Labute approximate surface area is 120 Å². The monoisotopic (exact) mass is 283 g/mol. The largest absolute Gasteiger partial charge is 0.415 e. The maximum Gasteiger partial charge on any atom is 0.192 e. The zero-order chi connectivity index (χ0) is 14.5. The first-order valence-corrected chi connectivity index (χ1v) is 10.7. The molecule has 2 N–H and O–H groups in total. The smallest absolute Gasteiger partial charge is 0.192 e. The molecule has 0 radical (unpaired) electrons. The average molecular weight is 284 g/mol. The van der Waals surface area contributed by atoms with Gasteiger partial charge in [0.25, 0.3) is 0 Å². The predicted octanol–water partition coefficient (Wildman–Crippen LogP) is 4.47. The van der Waals surface area contributed by atoms with Crippen molar-refractivity contribution in [1.29, 1.82) is 0 Å². The molecule has 0 aromatic heterocycles. The van der Waals surface area contributed by atoms with E-state index in [1.165, 1.54) is 32.1 Å². The van der Waals surface area contributed by atoms with E-state index in [9.17, 15) is 0 Å². The molecule has 1 fully saturated rings. The second kappa shape index (κ2) is 7.05. The maximum atomic E-state index is 6.16. The summed E-state index contributed by atoms with van der Waals surface area (Å²) in [5.41, 5.74) is 6.15. The van der Waals surface area contributed by atoms with E-state index in [4.69, 9.17) is 10.2 Å². The number of hydrogen-bond donors (Lipinski definition) is 1. The van der Waals surface area contributed by atoms with Gasteiger partial charge in [-0.2, -0.15) is 0 Å². The van der Waals surface area contributed by atoms with Crippen LogP contribution >= 0.6 is 0 Å². The van der Waals surface area contributed by atoms with Crippen LogP contribution in [0.15, 0.2) is 12.2 Å². The molecule has 19 heavy (non-hydrogen) atoms. The number of nitrogens with two attached hydrogens (primary N) is 1. The van der Waals surface area contributed by atoms with Crippen LogP contribution in [-0.2, 0) is 4.43 Å². The molecule has 0 saturated heterocycles. The van der Waals surface area contributed by atoms with E-state index in [0.717, 1.165) is 5.92 Å². The topological polar surface area (TPSA) is 35.2 Å². The molecule has 0 amide bonds. The Balaban J connectivity index is 2.34. The normalized spacial score (nSPS) is 20.9. The SMILES string of the molecule is CC(C)(C)[Si](C)(C)OC[C@H](N)/C=C\C1CCCCC1. The van der Waals surface area contributed by atoms with Crippen molar-refractivity contribution >= 4 is 8.32 Å². The molecule has 1 rings (SSSR count). The molecule has 3 heteroatoms. The van der Waals surface area contributed by atoms with Gasteiger partial charge >= 0.3 is 0 Å². The molecular formula is C16H33NOSi. The summed E-state index contributed by atoms with van der Waals surface area (Å²) in [6.07, 6.45) is 11.3. The van der Waals surface area contributed by atoms with Crippen LogP contribution in [0, 0.1) is 5.92 Å². The van der Waals surface area contributed by atoms with Gasteiger partial charge in [0.2, 0.25) is 0 Å². The summed E-state index contributed by atoms with van der Waals surface area (Å²) in [4.78, 5) is 0. The van der Waals surface area contributed by atoms with E-state index < -0.39 is 8.32 Å². The third kappa shape index (κ3) is 5.80. The second-order valence-electron chi connectivity index (χ2n) is 7.52. The summed E-state index contributed by atoms with van der Waals surface area (Å²) in [7, 11) is -1.65. The van der Waals surface area contributed by atoms with Crippen LogP contribution in [0.3, 0.4) is 0 Å². The minimum Gasteiger partial charge on any atom is -0.415 e. The molecule has 0 unspecified atom stereocenters. The van der Waals surface area contributed by atoms with Gasteiger partial charge in [0, 0.05) is 6.04 Å². The molecule has 0 heterocycles. The van der Waals surface area contributed by atoms with Crippen molar-refractivity contribution in [1.82, 2.24) is 0 Å². The van der Waals surface area contributed by atoms with E-state index >= 15 is 0 Å². The van der Waals surface area contributed by atoms with E-state index in [2.05, 4.69) is 46.0 Å². The minimum atomic E-state index is -1.65. The Morgan fingerprint density at radius 3 is 2.32 bits per heavy atom. The first-order chi connectivity index (χ1) is 8.72. The fourth-order valence-corrected chi connectivity index (χ4v) is 3.25. The second-order valence-corrected chi connectivity index (χ2v) is 12.3. The molecule has 0 aromatic rings. The van der Waals surface area contributed by atoms with Gasteiger partial charge < -0.3 is 10.2 Å². The van der Waals surface area contributed by atoms with Gasteiger partial charge in [-0.1, -0.05) is 52.2 Å². The lowest BCUT2D eigenvalue weighted by Crippen LogP contribution is -2.43. The fraction of sp³-hybridized carbons (Fsp3) is 0.875. The molecule has 0 aromatic carbocycles. The summed E-state index contributed by atoms with van der Waals surface area (Å²) in [6.45, 7) is 12.0. The van der Waals surface area contributed by atoms with Crippen LogP contribution in [-0.4, -0.2) is 21.0 Å². The van der Waals surface area contributed by atoms with Crippen LogP contribution in [0.1, 0.15) is 52.9 Å². The number of allylic oxidation sites excluding steroid dienone is 1. The first kappa shape index (κ1) is 16.9. The van der Waals surface area contributed by atoms with E-state index in [1.807, 2.05) is 0 Å². The van der Waals surface area contributed by atoms with Gasteiger partial charge in [0.05, 0.1) is 6.61 Å². The molecule has 1 aliphatic carbocycles. The molecule has 1 atom stereocenters. The molecular weight excluding hydrogens is 250 g/mol. The lowest BCUT2D eigenvalue weighted by atomic mass is 9.89. The van der Waals surface area contributed by atoms with Crippen molar-refractivity contribution in [2.45, 2.75) is 77.0 Å². The highest BCUT2D eigenvalue weighted by Crippen LogP contribution is 2.36. The maximum absolute atomic E-state index is 6.16. The lowest BCUT2D eigenvalue weighted by Gasteiger charge is -2.36. The Morgan fingerprint density at radius 2 is 1.79 bits per heavy atom. The zero-order valence-electron chi connectivity index (χ0n) is 13.5. The molecule has 0 aliphatic heterocycles. The standard InChI is InChI=1S/C16H33NOSi/c1-16(2,3)19(4,5)18-13-15(17)12-11-14-9-7-6-8-10-14/h11-12,14-15H,6-10,13,17H2,1-5H3/b12-11-/t15-/m1/s1. The van der Waals surface area contributed by atoms with Gasteiger partial charge in [0.1, 0.15) is 0 Å². The van der Waals surface area contributed by atoms with Crippen molar-refractivity contribution in [2.75, 3.05) is 6.61 Å².